The number of ether oxygens (including phenoxy) is 1. The van der Waals surface area contributed by atoms with Crippen LogP contribution in [-0.4, -0.2) is 166 Å². The molecule has 0 saturated heterocycles. The molecule has 0 aromatic carbocycles. The SMILES string of the molecule is CC/C=[CH]\[Sn][CH2]CCC.CCC[CH2][Sn][CH2]CCSB(S/C=C\O)SCC[CH2][Sn]([CH2]CCC)[CH2]OCC.OCCS.OCCS.OCCS.[B]C(O)CC. The Morgan fingerprint density at radius 2 is 1.25 bits per heavy atom. The van der Waals surface area contributed by atoms with Crippen LogP contribution in [0.15, 0.2) is 21.8 Å². The molecule has 0 saturated carbocycles. The number of hydrogen-bond donors (Lipinski definition) is 8. The van der Waals surface area contributed by atoms with Gasteiger partial charge in [0.25, 0.3) is 0 Å². The molecule has 5 N–H and O–H groups in total. The fraction of sp³-hybridized carbons (Fsp3) is 0.889. The summed E-state index contributed by atoms with van der Waals surface area (Å²) in [5.74, 6) is 4.26. The standard InChI is InChI=1S/C8H15BOS3.3C4H9.C4H7.C3H7BO.C3H7O.3C2H6OS.3Sn/c1-3-6-11-9(12-7-4-2)13-8-5-10;4*1-3-4-2;1-2-3(4)5;1-3-4-2;3*3-1-2-4;;;/h5,8,10H,1-4,6-7H2;3*1,3-4H2,2H3;1,3H,4H2,2H3;3,5H,2H2,1H3;2-3H2,1H3;3*3-4H,1-2H2;;;/b8-5-;;;;;;;;;;;;. The van der Waals surface area contributed by atoms with E-state index in [0.717, 1.165) is 11.2 Å². The first-order valence-corrected chi connectivity index (χ1v) is 38.2. The Kier molecular flexibility index (Phi) is 94.6. The summed E-state index contributed by atoms with van der Waals surface area (Å²) in [6.45, 7) is 14.5. The molecular formula is C36H81B2O6S6Sn3. The number of hydrogen-bond acceptors (Lipinski definition) is 12. The van der Waals surface area contributed by atoms with Gasteiger partial charge in [-0.25, -0.2) is 0 Å². The molecule has 0 bridgehead atoms. The van der Waals surface area contributed by atoms with E-state index in [9.17, 15) is 0 Å². The van der Waals surface area contributed by atoms with Crippen molar-refractivity contribution in [2.75, 3.05) is 59.8 Å². The maximum absolute atomic E-state index is 9.00. The molecule has 0 fully saturated rings. The molecule has 0 rings (SSSR count). The third kappa shape index (κ3) is 88.1. The van der Waals surface area contributed by atoms with Crippen molar-refractivity contribution in [1.29, 1.82) is 0 Å². The molecule has 0 aliphatic carbocycles. The molecule has 0 spiro atoms. The summed E-state index contributed by atoms with van der Waals surface area (Å²) in [5.41, 5.74) is 0. The summed E-state index contributed by atoms with van der Waals surface area (Å²) in [5, 5.41) is 42.4. The van der Waals surface area contributed by atoms with Crippen LogP contribution in [-0.2, 0) is 4.74 Å². The van der Waals surface area contributed by atoms with E-state index < -0.39 is 25.8 Å². The smallest absolute Gasteiger partial charge is 0.108 e. The predicted molar refractivity (Wildman–Crippen MR) is 266 cm³/mol. The van der Waals surface area contributed by atoms with E-state index in [-0.39, 0.29) is 62.1 Å². The van der Waals surface area contributed by atoms with Gasteiger partial charge >= 0.3 is 270 Å². The molecule has 53 heavy (non-hydrogen) atoms. The van der Waals surface area contributed by atoms with E-state index in [2.05, 4.69) is 106 Å². The summed E-state index contributed by atoms with van der Waals surface area (Å²) in [4.78, 5) is 0. The summed E-state index contributed by atoms with van der Waals surface area (Å²) < 4.78 is 17.5. The molecule has 1 unspecified atom stereocenters. The van der Waals surface area contributed by atoms with Crippen molar-refractivity contribution in [3.8, 4) is 0 Å². The second-order valence-corrected chi connectivity index (χ2v) is 32.4. The molecule has 7 radical (unpaired) electrons. The van der Waals surface area contributed by atoms with Gasteiger partial charge in [-0.1, -0.05) is 6.92 Å². The van der Waals surface area contributed by atoms with Gasteiger partial charge in [0.15, 0.2) is 0 Å². The Hall–Kier alpha value is 3.71. The third-order valence-electron chi connectivity index (χ3n) is 5.90. The van der Waals surface area contributed by atoms with Gasteiger partial charge in [-0.15, -0.1) is 0 Å². The number of aliphatic hydroxyl groups is 5. The van der Waals surface area contributed by atoms with Crippen LogP contribution < -0.4 is 0 Å². The monoisotopic (exact) mass is 1180 g/mol. The van der Waals surface area contributed by atoms with Gasteiger partial charge in [0.2, 0.25) is 0 Å². The van der Waals surface area contributed by atoms with E-state index in [1.807, 2.05) is 12.3 Å². The van der Waals surface area contributed by atoms with Crippen LogP contribution in [0.4, 0.5) is 0 Å². The zero-order valence-corrected chi connectivity index (χ0v) is 48.1. The van der Waals surface area contributed by atoms with Crippen LogP contribution in [0.3, 0.4) is 0 Å². The summed E-state index contributed by atoms with van der Waals surface area (Å²) in [7, 11) is 4.85. The minimum Gasteiger partial charge on any atom is -0.403 e. The topological polar surface area (TPSA) is 110 Å². The largest absolute Gasteiger partial charge is 0.403 e. The fourth-order valence-corrected chi connectivity index (χ4v) is 22.4. The number of allylic oxidation sites excluding steroid dienone is 1. The van der Waals surface area contributed by atoms with E-state index >= 15 is 0 Å². The molecular weight excluding hydrogens is 1100 g/mol. The average Bonchev–Trinajstić information content (AvgIpc) is 3.19. The van der Waals surface area contributed by atoms with Crippen LogP contribution in [0, 0.1) is 0 Å². The van der Waals surface area contributed by atoms with Gasteiger partial charge in [0.05, 0.1) is 19.8 Å². The van der Waals surface area contributed by atoms with E-state index in [4.69, 9.17) is 38.1 Å². The van der Waals surface area contributed by atoms with Crippen LogP contribution in [0.1, 0.15) is 106 Å². The molecule has 0 amide bonds. The third-order valence-corrected chi connectivity index (χ3v) is 25.9. The Labute approximate surface area is 388 Å². The molecule has 0 aromatic heterocycles. The Morgan fingerprint density at radius 1 is 0.774 bits per heavy atom. The van der Waals surface area contributed by atoms with Crippen LogP contribution in [0.25, 0.3) is 0 Å². The van der Waals surface area contributed by atoms with Gasteiger partial charge in [0, 0.05) is 23.3 Å². The number of thiol groups is 3. The van der Waals surface area contributed by atoms with Crippen molar-refractivity contribution in [3.05, 3.63) is 21.8 Å². The van der Waals surface area contributed by atoms with Crippen molar-refractivity contribution in [3.63, 3.8) is 0 Å². The molecule has 6 nitrogen and oxygen atoms in total. The minimum absolute atomic E-state index is 0.0311. The van der Waals surface area contributed by atoms with Gasteiger partial charge in [-0.3, -0.25) is 0 Å². The molecule has 1 atom stereocenters. The quantitative estimate of drug-likeness (QED) is 0.0155. The second-order valence-electron chi connectivity index (χ2n) is 10.9. The van der Waals surface area contributed by atoms with Crippen molar-refractivity contribution in [2.45, 2.75) is 134 Å². The molecule has 0 aromatic rings. The fourth-order valence-electron chi connectivity index (χ4n) is 3.04. The van der Waals surface area contributed by atoms with E-state index in [1.165, 1.54) is 88.9 Å². The Balaban J connectivity index is -0.000000170. The van der Waals surface area contributed by atoms with Crippen molar-refractivity contribution in [1.82, 2.24) is 0 Å². The summed E-state index contributed by atoms with van der Waals surface area (Å²) in [6.07, 6.45) is 16.6. The molecule has 0 heterocycles. The van der Waals surface area contributed by atoms with E-state index in [1.54, 1.807) is 20.5 Å². The normalized spacial score (nSPS) is 10.9. The van der Waals surface area contributed by atoms with Crippen LogP contribution >= 0.6 is 72.7 Å². The number of aliphatic hydroxyl groups excluding tert-OH is 5. The Bertz CT molecular complexity index is 611. The number of unbranched alkanes of at least 4 members (excludes halogenated alkanes) is 3. The molecule has 315 valence electrons. The molecule has 0 aliphatic rings. The van der Waals surface area contributed by atoms with Gasteiger partial charge in [0.1, 0.15) is 7.85 Å². The predicted octanol–water partition coefficient (Wildman–Crippen LogP) is 9.63. The minimum atomic E-state index is -1.29. The maximum Gasteiger partial charge on any atom is 0.108 e. The second kappa shape index (κ2) is 73.3. The van der Waals surface area contributed by atoms with Gasteiger partial charge in [-0.05, 0) is 6.42 Å². The van der Waals surface area contributed by atoms with Crippen molar-refractivity contribution >= 4 is 147 Å². The first kappa shape index (κ1) is 68.4. The maximum atomic E-state index is 9.00. The van der Waals surface area contributed by atoms with Crippen LogP contribution in [0.2, 0.25) is 22.2 Å². The molecule has 0 aliphatic heterocycles. The van der Waals surface area contributed by atoms with Crippen molar-refractivity contribution in [2.24, 2.45) is 0 Å². The first-order valence-electron chi connectivity index (χ1n) is 19.5. The van der Waals surface area contributed by atoms with Crippen molar-refractivity contribution < 1.29 is 30.3 Å². The summed E-state index contributed by atoms with van der Waals surface area (Å²) >= 11 is 15.6. The van der Waals surface area contributed by atoms with Gasteiger partial charge < -0.3 is 20.4 Å². The zero-order valence-electron chi connectivity index (χ0n) is 34.4. The number of rotatable bonds is 30. The van der Waals surface area contributed by atoms with Gasteiger partial charge in [-0.2, -0.15) is 37.9 Å². The zero-order chi connectivity index (χ0) is 41.5. The Morgan fingerprint density at radius 3 is 1.68 bits per heavy atom. The average molecular weight is 1180 g/mol. The van der Waals surface area contributed by atoms with E-state index in [0.29, 0.717) is 28.2 Å². The first-order chi connectivity index (χ1) is 25.7. The molecule has 17 heteroatoms. The van der Waals surface area contributed by atoms with Crippen LogP contribution in [0.5, 0.6) is 0 Å². The summed E-state index contributed by atoms with van der Waals surface area (Å²) in [6, 6.07) is -0.616.